The van der Waals surface area contributed by atoms with Crippen molar-refractivity contribution in [3.05, 3.63) is 53.7 Å². The van der Waals surface area contributed by atoms with Crippen LogP contribution in [0.3, 0.4) is 0 Å². The van der Waals surface area contributed by atoms with Gasteiger partial charge >= 0.3 is 0 Å². The van der Waals surface area contributed by atoms with Crippen LogP contribution in [0.5, 0.6) is 11.6 Å². The number of pyridine rings is 1. The summed E-state index contributed by atoms with van der Waals surface area (Å²) in [6, 6.07) is 5.92. The first-order valence-electron chi connectivity index (χ1n) is 6.57. The number of amides is 1. The van der Waals surface area contributed by atoms with Gasteiger partial charge in [-0.05, 0) is 25.1 Å². The molecule has 0 aliphatic carbocycles. The van der Waals surface area contributed by atoms with E-state index in [2.05, 4.69) is 10.3 Å². The molecule has 2 aromatic rings. The van der Waals surface area contributed by atoms with E-state index < -0.39 is 17.7 Å². The average Bonchev–Trinajstić information content (AvgIpc) is 2.49. The Bertz CT molecular complexity index is 678. The maximum Gasteiger partial charge on any atom is 0.236 e. The molecule has 0 unspecified atom stereocenters. The van der Waals surface area contributed by atoms with Gasteiger partial charge in [-0.15, -0.1) is 0 Å². The minimum Gasteiger partial charge on any atom is -0.439 e. The van der Waals surface area contributed by atoms with Crippen molar-refractivity contribution < 1.29 is 18.3 Å². The number of aromatic nitrogens is 1. The van der Waals surface area contributed by atoms with Crippen molar-refractivity contribution in [1.29, 1.82) is 0 Å². The van der Waals surface area contributed by atoms with Gasteiger partial charge in [-0.1, -0.05) is 6.07 Å². The number of halogens is 2. The third-order valence-electron chi connectivity index (χ3n) is 2.82. The van der Waals surface area contributed by atoms with Gasteiger partial charge in [0.25, 0.3) is 0 Å². The minimum absolute atomic E-state index is 0.109. The van der Waals surface area contributed by atoms with Crippen LogP contribution in [0.1, 0.15) is 12.5 Å². The Morgan fingerprint density at radius 1 is 1.36 bits per heavy atom. The largest absolute Gasteiger partial charge is 0.439 e. The van der Waals surface area contributed by atoms with E-state index in [1.807, 2.05) is 0 Å². The molecule has 1 aromatic heterocycles. The maximum atomic E-state index is 13.2. The van der Waals surface area contributed by atoms with Gasteiger partial charge < -0.3 is 15.8 Å². The van der Waals surface area contributed by atoms with E-state index in [0.717, 1.165) is 12.1 Å². The third kappa shape index (κ3) is 3.98. The molecule has 1 amide bonds. The monoisotopic (exact) mass is 307 g/mol. The van der Waals surface area contributed by atoms with Crippen LogP contribution in [-0.2, 0) is 11.3 Å². The Hall–Kier alpha value is -2.54. The van der Waals surface area contributed by atoms with Gasteiger partial charge in [0, 0.05) is 24.4 Å². The smallest absolute Gasteiger partial charge is 0.236 e. The summed E-state index contributed by atoms with van der Waals surface area (Å²) in [6.45, 7) is 1.73. The quantitative estimate of drug-likeness (QED) is 0.887. The Morgan fingerprint density at radius 2 is 2.14 bits per heavy atom. The van der Waals surface area contributed by atoms with Crippen LogP contribution < -0.4 is 15.8 Å². The Balaban J connectivity index is 2.14. The molecule has 0 saturated heterocycles. The standard InChI is InChI=1S/C15H15F2N3O2/c1-9(18)14(21)20-8-10-3-2-6-19-15(10)22-11-4-5-12(16)13(17)7-11/h2-7,9H,8,18H2,1H3,(H,20,21)/t9-/m0/s1. The molecule has 0 aliphatic rings. The summed E-state index contributed by atoms with van der Waals surface area (Å²) < 4.78 is 31.5. The van der Waals surface area contributed by atoms with E-state index in [1.54, 1.807) is 19.1 Å². The highest BCUT2D eigenvalue weighted by atomic mass is 19.2. The van der Waals surface area contributed by atoms with Gasteiger partial charge in [0.15, 0.2) is 11.6 Å². The Kier molecular flexibility index (Phi) is 5.00. The van der Waals surface area contributed by atoms with E-state index in [4.69, 9.17) is 10.5 Å². The van der Waals surface area contributed by atoms with Gasteiger partial charge in [-0.2, -0.15) is 0 Å². The first kappa shape index (κ1) is 15.8. The Labute approximate surface area is 126 Å². The highest BCUT2D eigenvalue weighted by Crippen LogP contribution is 2.24. The predicted molar refractivity (Wildman–Crippen MR) is 76.2 cm³/mol. The topological polar surface area (TPSA) is 77.2 Å². The molecule has 1 heterocycles. The molecule has 22 heavy (non-hydrogen) atoms. The number of nitrogens with two attached hydrogens (primary N) is 1. The highest BCUT2D eigenvalue weighted by molar-refractivity contribution is 5.80. The van der Waals surface area contributed by atoms with Crippen LogP contribution in [0, 0.1) is 11.6 Å². The van der Waals surface area contributed by atoms with E-state index in [9.17, 15) is 13.6 Å². The van der Waals surface area contributed by atoms with E-state index in [1.165, 1.54) is 12.3 Å². The van der Waals surface area contributed by atoms with Crippen LogP contribution in [-0.4, -0.2) is 16.9 Å². The molecule has 0 bridgehead atoms. The molecule has 0 fully saturated rings. The first-order chi connectivity index (χ1) is 10.5. The predicted octanol–water partition coefficient (Wildman–Crippen LogP) is 2.12. The number of rotatable bonds is 5. The zero-order chi connectivity index (χ0) is 16.1. The lowest BCUT2D eigenvalue weighted by Gasteiger charge is -2.12. The minimum atomic E-state index is -1.01. The fourth-order valence-corrected chi connectivity index (χ4v) is 1.65. The third-order valence-corrected chi connectivity index (χ3v) is 2.82. The van der Waals surface area contributed by atoms with Crippen LogP contribution in [0.15, 0.2) is 36.5 Å². The number of hydrogen-bond acceptors (Lipinski definition) is 4. The Morgan fingerprint density at radius 3 is 2.82 bits per heavy atom. The number of ether oxygens (including phenoxy) is 1. The average molecular weight is 307 g/mol. The van der Waals surface area contributed by atoms with E-state index >= 15 is 0 Å². The molecule has 116 valence electrons. The lowest BCUT2D eigenvalue weighted by Crippen LogP contribution is -2.37. The zero-order valence-corrected chi connectivity index (χ0v) is 11.8. The SMILES string of the molecule is C[C@H](N)C(=O)NCc1cccnc1Oc1ccc(F)c(F)c1. The summed E-state index contributed by atoms with van der Waals surface area (Å²) >= 11 is 0. The zero-order valence-electron chi connectivity index (χ0n) is 11.8. The van der Waals surface area contributed by atoms with Crippen molar-refractivity contribution in [2.45, 2.75) is 19.5 Å². The van der Waals surface area contributed by atoms with Crippen molar-refractivity contribution in [3.8, 4) is 11.6 Å². The molecule has 1 atom stereocenters. The molecule has 0 radical (unpaired) electrons. The number of benzene rings is 1. The highest BCUT2D eigenvalue weighted by Gasteiger charge is 2.11. The second-order valence-corrected chi connectivity index (χ2v) is 4.65. The van der Waals surface area contributed by atoms with Crippen molar-refractivity contribution in [1.82, 2.24) is 10.3 Å². The van der Waals surface area contributed by atoms with Crippen molar-refractivity contribution in [3.63, 3.8) is 0 Å². The first-order valence-corrected chi connectivity index (χ1v) is 6.57. The van der Waals surface area contributed by atoms with Gasteiger partial charge in [-0.3, -0.25) is 4.79 Å². The molecule has 7 heteroatoms. The van der Waals surface area contributed by atoms with Crippen molar-refractivity contribution in [2.24, 2.45) is 5.73 Å². The molecule has 1 aromatic carbocycles. The summed E-state index contributed by atoms with van der Waals surface area (Å²) in [4.78, 5) is 15.5. The van der Waals surface area contributed by atoms with Gasteiger partial charge in [0.2, 0.25) is 11.8 Å². The fourth-order valence-electron chi connectivity index (χ4n) is 1.65. The summed E-state index contributed by atoms with van der Waals surface area (Å²) in [5.74, 6) is -1.99. The molecule has 0 spiro atoms. The molecule has 0 aliphatic heterocycles. The maximum absolute atomic E-state index is 13.2. The number of carbonyl (C=O) groups is 1. The van der Waals surface area contributed by atoms with Gasteiger partial charge in [-0.25, -0.2) is 13.8 Å². The summed E-state index contributed by atoms with van der Waals surface area (Å²) in [7, 11) is 0. The number of hydrogen-bond donors (Lipinski definition) is 2. The van der Waals surface area contributed by atoms with Crippen LogP contribution in [0.4, 0.5) is 8.78 Å². The molecular weight excluding hydrogens is 292 g/mol. The molecule has 3 N–H and O–H groups in total. The van der Waals surface area contributed by atoms with Gasteiger partial charge in [0.05, 0.1) is 6.04 Å². The lowest BCUT2D eigenvalue weighted by molar-refractivity contribution is -0.122. The summed E-state index contributed by atoms with van der Waals surface area (Å²) in [5.41, 5.74) is 6.04. The normalized spacial score (nSPS) is 11.8. The van der Waals surface area contributed by atoms with E-state index in [-0.39, 0.29) is 24.1 Å². The summed E-state index contributed by atoms with van der Waals surface area (Å²) in [6.07, 6.45) is 1.49. The molecule has 5 nitrogen and oxygen atoms in total. The van der Waals surface area contributed by atoms with Gasteiger partial charge in [0.1, 0.15) is 5.75 Å². The van der Waals surface area contributed by atoms with Crippen LogP contribution in [0.2, 0.25) is 0 Å². The lowest BCUT2D eigenvalue weighted by atomic mass is 10.2. The number of nitrogens with one attached hydrogen (secondary N) is 1. The second-order valence-electron chi connectivity index (χ2n) is 4.65. The fraction of sp³-hybridized carbons (Fsp3) is 0.200. The van der Waals surface area contributed by atoms with E-state index in [0.29, 0.717) is 5.56 Å². The molecule has 0 saturated carbocycles. The van der Waals surface area contributed by atoms with Crippen molar-refractivity contribution >= 4 is 5.91 Å². The molecular formula is C15H15F2N3O2. The second kappa shape index (κ2) is 6.95. The molecule has 2 rings (SSSR count). The van der Waals surface area contributed by atoms with Crippen molar-refractivity contribution in [2.75, 3.05) is 0 Å². The number of carbonyl (C=O) groups excluding carboxylic acids is 1. The number of nitrogens with zero attached hydrogens (tertiary/aromatic N) is 1. The van der Waals surface area contributed by atoms with Crippen LogP contribution >= 0.6 is 0 Å². The van der Waals surface area contributed by atoms with Crippen LogP contribution in [0.25, 0.3) is 0 Å². The summed E-state index contributed by atoms with van der Waals surface area (Å²) in [5, 5.41) is 2.63.